The highest BCUT2D eigenvalue weighted by Crippen LogP contribution is 2.60. The number of fused-ring (bicyclic) bond motifs is 3. The average Bonchev–Trinajstić information content (AvgIpc) is 2.80. The minimum Gasteiger partial charge on any atom is -0.491 e. The van der Waals surface area contributed by atoms with Crippen LogP contribution in [-0.4, -0.2) is 25.4 Å². The molecule has 2 aromatic carbocycles. The standard InChI is InChI=1S/C25H24F8O3/c1-3-34-13-5-7-14(8-6-13)36-25(32,33)17-11-9-15-16-10-12-18(35-4-2)22(27)20(16)24(30,31)23(28,29)19(15)21(17)26/h9-14H,3-8H2,1-2H3. The van der Waals surface area contributed by atoms with E-state index in [-0.39, 0.29) is 25.6 Å². The van der Waals surface area contributed by atoms with Crippen molar-refractivity contribution in [2.75, 3.05) is 13.2 Å². The fraction of sp³-hybridized carbons (Fsp3) is 0.520. The van der Waals surface area contributed by atoms with Crippen LogP contribution < -0.4 is 4.74 Å². The topological polar surface area (TPSA) is 27.7 Å². The smallest absolute Gasteiger partial charge is 0.386 e. The number of alkyl halides is 6. The zero-order valence-electron chi connectivity index (χ0n) is 19.5. The molecule has 0 saturated heterocycles. The summed E-state index contributed by atoms with van der Waals surface area (Å²) in [4.78, 5) is 0. The second kappa shape index (κ2) is 9.48. The minimum atomic E-state index is -5.34. The molecule has 198 valence electrons. The van der Waals surface area contributed by atoms with E-state index in [0.29, 0.717) is 31.6 Å². The van der Waals surface area contributed by atoms with Crippen LogP contribution in [0.5, 0.6) is 5.75 Å². The van der Waals surface area contributed by atoms with Crippen molar-refractivity contribution < 1.29 is 49.3 Å². The largest absolute Gasteiger partial charge is 0.491 e. The van der Waals surface area contributed by atoms with Gasteiger partial charge in [-0.1, -0.05) is 6.07 Å². The van der Waals surface area contributed by atoms with Crippen LogP contribution in [-0.2, 0) is 27.4 Å². The van der Waals surface area contributed by atoms with Crippen molar-refractivity contribution in [2.24, 2.45) is 0 Å². The number of benzene rings is 2. The maximum Gasteiger partial charge on any atom is 0.386 e. The van der Waals surface area contributed by atoms with Crippen molar-refractivity contribution in [1.29, 1.82) is 0 Å². The maximum atomic E-state index is 15.3. The summed E-state index contributed by atoms with van der Waals surface area (Å²) in [5, 5.41) is 0. The third-order valence-corrected chi connectivity index (χ3v) is 6.51. The molecule has 0 aromatic heterocycles. The predicted molar refractivity (Wildman–Crippen MR) is 113 cm³/mol. The van der Waals surface area contributed by atoms with Gasteiger partial charge in [-0.15, -0.1) is 0 Å². The van der Waals surface area contributed by atoms with Gasteiger partial charge in [0.2, 0.25) is 0 Å². The van der Waals surface area contributed by atoms with E-state index in [0.717, 1.165) is 12.1 Å². The highest BCUT2D eigenvalue weighted by Gasteiger charge is 2.66. The van der Waals surface area contributed by atoms with E-state index in [1.54, 1.807) is 6.92 Å². The first-order valence-corrected chi connectivity index (χ1v) is 11.6. The van der Waals surface area contributed by atoms with Crippen LogP contribution in [0.1, 0.15) is 56.2 Å². The van der Waals surface area contributed by atoms with Crippen molar-refractivity contribution in [3.8, 4) is 16.9 Å². The fourth-order valence-electron chi connectivity index (χ4n) is 4.83. The third-order valence-electron chi connectivity index (χ3n) is 6.51. The molecule has 0 unspecified atom stereocenters. The predicted octanol–water partition coefficient (Wildman–Crippen LogP) is 7.64. The lowest BCUT2D eigenvalue weighted by Crippen LogP contribution is -2.41. The van der Waals surface area contributed by atoms with Gasteiger partial charge < -0.3 is 14.2 Å². The van der Waals surface area contributed by atoms with Crippen molar-refractivity contribution in [1.82, 2.24) is 0 Å². The lowest BCUT2D eigenvalue weighted by atomic mass is 9.79. The molecule has 0 spiro atoms. The van der Waals surface area contributed by atoms with Crippen LogP contribution >= 0.6 is 0 Å². The molecule has 0 radical (unpaired) electrons. The van der Waals surface area contributed by atoms with E-state index < -0.39 is 69.3 Å². The fourth-order valence-corrected chi connectivity index (χ4v) is 4.83. The number of halogens is 8. The minimum absolute atomic E-state index is 0.130. The van der Waals surface area contributed by atoms with Crippen LogP contribution in [0.4, 0.5) is 35.1 Å². The molecule has 2 aliphatic rings. The van der Waals surface area contributed by atoms with Crippen LogP contribution in [0.25, 0.3) is 11.1 Å². The van der Waals surface area contributed by atoms with Gasteiger partial charge in [-0.05, 0) is 68.9 Å². The number of hydrogen-bond acceptors (Lipinski definition) is 3. The van der Waals surface area contributed by atoms with Gasteiger partial charge in [0.15, 0.2) is 11.6 Å². The second-order valence-electron chi connectivity index (χ2n) is 8.72. The molecule has 1 saturated carbocycles. The molecule has 0 atom stereocenters. The monoisotopic (exact) mass is 524 g/mol. The molecule has 4 rings (SSSR count). The van der Waals surface area contributed by atoms with Crippen LogP contribution in [0.15, 0.2) is 24.3 Å². The van der Waals surface area contributed by atoms with Gasteiger partial charge >= 0.3 is 18.0 Å². The van der Waals surface area contributed by atoms with Gasteiger partial charge in [0.1, 0.15) is 5.82 Å². The molecule has 3 nitrogen and oxygen atoms in total. The molecule has 11 heteroatoms. The second-order valence-corrected chi connectivity index (χ2v) is 8.72. The Morgan fingerprint density at radius 1 is 0.778 bits per heavy atom. The van der Waals surface area contributed by atoms with Gasteiger partial charge in [0.05, 0.1) is 35.5 Å². The zero-order chi connectivity index (χ0) is 26.5. The Morgan fingerprint density at radius 2 is 1.31 bits per heavy atom. The zero-order valence-corrected chi connectivity index (χ0v) is 19.5. The maximum absolute atomic E-state index is 15.3. The van der Waals surface area contributed by atoms with Gasteiger partial charge in [0.25, 0.3) is 0 Å². The van der Waals surface area contributed by atoms with Crippen molar-refractivity contribution in [2.45, 2.75) is 69.7 Å². The third kappa shape index (κ3) is 4.23. The Hall–Kier alpha value is -2.40. The molecular weight excluding hydrogens is 500 g/mol. The van der Waals surface area contributed by atoms with Crippen molar-refractivity contribution in [3.63, 3.8) is 0 Å². The Bertz CT molecular complexity index is 1130. The first-order chi connectivity index (χ1) is 16.9. The molecule has 36 heavy (non-hydrogen) atoms. The summed E-state index contributed by atoms with van der Waals surface area (Å²) in [7, 11) is 0. The van der Waals surface area contributed by atoms with Gasteiger partial charge in [0, 0.05) is 6.61 Å². The van der Waals surface area contributed by atoms with Crippen LogP contribution in [0.2, 0.25) is 0 Å². The molecule has 0 bridgehead atoms. The van der Waals surface area contributed by atoms with E-state index in [2.05, 4.69) is 0 Å². The van der Waals surface area contributed by atoms with Crippen molar-refractivity contribution in [3.05, 3.63) is 52.6 Å². The average molecular weight is 524 g/mol. The van der Waals surface area contributed by atoms with E-state index in [4.69, 9.17) is 14.2 Å². The molecule has 2 aliphatic carbocycles. The molecule has 2 aromatic rings. The van der Waals surface area contributed by atoms with Crippen molar-refractivity contribution >= 4 is 0 Å². The highest BCUT2D eigenvalue weighted by molar-refractivity contribution is 5.77. The summed E-state index contributed by atoms with van der Waals surface area (Å²) in [5.41, 5.74) is -6.79. The molecule has 0 aliphatic heterocycles. The normalized spacial score (nSPS) is 22.6. The highest BCUT2D eigenvalue weighted by atomic mass is 19.3. The van der Waals surface area contributed by atoms with Gasteiger partial charge in [-0.2, -0.15) is 26.3 Å². The number of hydrogen-bond donors (Lipinski definition) is 0. The summed E-state index contributed by atoms with van der Waals surface area (Å²) < 4.78 is 135. The Balaban J connectivity index is 1.75. The lowest BCUT2D eigenvalue weighted by molar-refractivity contribution is -0.281. The molecule has 0 N–H and O–H groups in total. The molecule has 0 heterocycles. The quantitative estimate of drug-likeness (QED) is 0.349. The van der Waals surface area contributed by atoms with Gasteiger partial charge in [-0.3, -0.25) is 0 Å². The Morgan fingerprint density at radius 3 is 1.86 bits per heavy atom. The SMILES string of the molecule is CCOc1ccc2c(c1F)C(F)(F)C(F)(F)c1c-2ccc(C(F)(F)OC2CCC(OCC)CC2)c1F. The molecular formula is C25H24F8O3. The van der Waals surface area contributed by atoms with E-state index in [9.17, 15) is 22.0 Å². The number of ether oxygens (including phenoxy) is 3. The van der Waals surface area contributed by atoms with Gasteiger partial charge in [-0.25, -0.2) is 8.78 Å². The van der Waals surface area contributed by atoms with Crippen LogP contribution in [0.3, 0.4) is 0 Å². The first-order valence-electron chi connectivity index (χ1n) is 11.6. The lowest BCUT2D eigenvalue weighted by Gasteiger charge is -2.36. The summed E-state index contributed by atoms with van der Waals surface area (Å²) >= 11 is 0. The first kappa shape index (κ1) is 26.7. The summed E-state index contributed by atoms with van der Waals surface area (Å²) in [6, 6.07) is 2.95. The summed E-state index contributed by atoms with van der Waals surface area (Å²) in [5.74, 6) is -15.2. The summed E-state index contributed by atoms with van der Waals surface area (Å²) in [6.07, 6.45) is -4.37. The molecule has 1 fully saturated rings. The summed E-state index contributed by atoms with van der Waals surface area (Å²) in [6.45, 7) is 3.55. The van der Waals surface area contributed by atoms with E-state index in [1.807, 2.05) is 0 Å². The van der Waals surface area contributed by atoms with E-state index in [1.165, 1.54) is 6.92 Å². The van der Waals surface area contributed by atoms with E-state index >= 15 is 13.2 Å². The van der Waals surface area contributed by atoms with Crippen LogP contribution in [0, 0.1) is 11.6 Å². The number of rotatable bonds is 7. The molecule has 0 amide bonds. The Kier molecular flexibility index (Phi) is 7.02. The Labute approximate surface area is 202 Å².